The van der Waals surface area contributed by atoms with E-state index in [-0.39, 0.29) is 30.9 Å². The molecule has 31 heavy (non-hydrogen) atoms. The lowest BCUT2D eigenvalue weighted by Crippen LogP contribution is -2.38. The Bertz CT molecular complexity index is 947. The number of likely N-dealkylation sites (tertiary alicyclic amines) is 1. The van der Waals surface area contributed by atoms with Crippen LogP contribution in [-0.4, -0.2) is 66.3 Å². The monoisotopic (exact) mass is 430 g/mol. The molecule has 1 aliphatic heterocycles. The third-order valence-corrected chi connectivity index (χ3v) is 5.90. The third kappa shape index (κ3) is 5.53. The van der Waals surface area contributed by atoms with Crippen molar-refractivity contribution < 1.29 is 23.9 Å². The van der Waals surface area contributed by atoms with Crippen LogP contribution in [-0.2, 0) is 27.7 Å². The summed E-state index contributed by atoms with van der Waals surface area (Å²) >= 11 is 0. The first kappa shape index (κ1) is 22.6. The van der Waals surface area contributed by atoms with E-state index in [1.807, 2.05) is 13.1 Å². The molecule has 0 bridgehead atoms. The number of carbonyl (C=O) groups is 3. The molecule has 2 aromatic rings. The Labute approximate surface area is 181 Å². The van der Waals surface area contributed by atoms with Gasteiger partial charge >= 0.3 is 12.1 Å². The number of aromatic nitrogens is 2. The number of aryl methyl sites for hydroxylation is 2. The highest BCUT2D eigenvalue weighted by Gasteiger charge is 2.23. The molecule has 1 aromatic heterocycles. The number of amides is 2. The Kier molecular flexibility index (Phi) is 7.49. The lowest BCUT2D eigenvalue weighted by atomic mass is 9.92. The zero-order valence-corrected chi connectivity index (χ0v) is 18.3. The standard InChI is InChI=1S/C22H30N4O5/c1-25-18-6-5-16(21(28)23-11-8-20(27)30-2)14-17(18)24-19(25)7-4-15-9-12-26(13-10-15)22(29)31-3/h5-6,14-15H,4,7-13H2,1-3H3,(H,23,28). The van der Waals surface area contributed by atoms with Crippen LogP contribution in [0.25, 0.3) is 11.0 Å². The van der Waals surface area contributed by atoms with Gasteiger partial charge in [0.05, 0.1) is 31.7 Å². The topological polar surface area (TPSA) is 103 Å². The minimum atomic E-state index is -0.360. The number of methoxy groups -OCH3 is 2. The Morgan fingerprint density at radius 2 is 1.90 bits per heavy atom. The van der Waals surface area contributed by atoms with Crippen LogP contribution in [0.4, 0.5) is 4.79 Å². The summed E-state index contributed by atoms with van der Waals surface area (Å²) < 4.78 is 11.4. The zero-order valence-electron chi connectivity index (χ0n) is 18.3. The Morgan fingerprint density at radius 3 is 2.58 bits per heavy atom. The van der Waals surface area contributed by atoms with E-state index in [0.717, 1.165) is 55.6 Å². The second-order valence-corrected chi connectivity index (χ2v) is 7.81. The molecule has 168 valence electrons. The van der Waals surface area contributed by atoms with E-state index in [1.165, 1.54) is 14.2 Å². The number of carbonyl (C=O) groups excluding carboxylic acids is 3. The van der Waals surface area contributed by atoms with Crippen LogP contribution in [0.15, 0.2) is 18.2 Å². The number of benzene rings is 1. The molecule has 1 fully saturated rings. The number of hydrogen-bond donors (Lipinski definition) is 1. The smallest absolute Gasteiger partial charge is 0.409 e. The number of nitrogens with one attached hydrogen (secondary N) is 1. The highest BCUT2D eigenvalue weighted by molar-refractivity contribution is 5.97. The van der Waals surface area contributed by atoms with Crippen molar-refractivity contribution in [3.05, 3.63) is 29.6 Å². The lowest BCUT2D eigenvalue weighted by molar-refractivity contribution is -0.140. The van der Waals surface area contributed by atoms with Gasteiger partial charge < -0.3 is 24.3 Å². The molecule has 0 radical (unpaired) electrons. The first-order valence-corrected chi connectivity index (χ1v) is 10.6. The molecule has 2 heterocycles. The number of fused-ring (bicyclic) bond motifs is 1. The largest absolute Gasteiger partial charge is 0.469 e. The molecule has 3 rings (SSSR count). The van der Waals surface area contributed by atoms with E-state index in [2.05, 4.69) is 14.6 Å². The van der Waals surface area contributed by atoms with Crippen LogP contribution in [0, 0.1) is 5.92 Å². The van der Waals surface area contributed by atoms with Crippen molar-refractivity contribution in [2.45, 2.75) is 32.1 Å². The van der Waals surface area contributed by atoms with Gasteiger partial charge in [-0.05, 0) is 43.4 Å². The van der Waals surface area contributed by atoms with Gasteiger partial charge in [-0.2, -0.15) is 0 Å². The Morgan fingerprint density at radius 1 is 1.16 bits per heavy atom. The Balaban J connectivity index is 1.57. The zero-order chi connectivity index (χ0) is 22.4. The summed E-state index contributed by atoms with van der Waals surface area (Å²) in [5.41, 5.74) is 2.26. The second-order valence-electron chi connectivity index (χ2n) is 7.81. The fourth-order valence-corrected chi connectivity index (χ4v) is 3.96. The summed E-state index contributed by atoms with van der Waals surface area (Å²) in [6.07, 6.45) is 3.67. The van der Waals surface area contributed by atoms with Crippen molar-refractivity contribution in [1.29, 1.82) is 0 Å². The number of rotatable bonds is 7. The summed E-state index contributed by atoms with van der Waals surface area (Å²) in [4.78, 5) is 41.6. The maximum atomic E-state index is 12.3. The molecule has 0 aliphatic carbocycles. The Hall–Kier alpha value is -3.10. The van der Waals surface area contributed by atoms with E-state index < -0.39 is 0 Å². The number of hydrogen-bond acceptors (Lipinski definition) is 6. The van der Waals surface area contributed by atoms with Gasteiger partial charge in [0.15, 0.2) is 0 Å². The molecule has 0 unspecified atom stereocenters. The minimum absolute atomic E-state index is 0.136. The first-order valence-electron chi connectivity index (χ1n) is 10.6. The highest BCUT2D eigenvalue weighted by Crippen LogP contribution is 2.24. The van der Waals surface area contributed by atoms with Crippen LogP contribution >= 0.6 is 0 Å². The third-order valence-electron chi connectivity index (χ3n) is 5.90. The molecule has 1 N–H and O–H groups in total. The van der Waals surface area contributed by atoms with Crippen molar-refractivity contribution in [2.24, 2.45) is 13.0 Å². The summed E-state index contributed by atoms with van der Waals surface area (Å²) in [7, 11) is 4.72. The molecule has 1 saturated heterocycles. The van der Waals surface area contributed by atoms with Crippen LogP contribution < -0.4 is 5.32 Å². The molecule has 9 nitrogen and oxygen atoms in total. The van der Waals surface area contributed by atoms with Crippen LogP contribution in [0.3, 0.4) is 0 Å². The van der Waals surface area contributed by atoms with Gasteiger partial charge in [0, 0.05) is 38.7 Å². The van der Waals surface area contributed by atoms with E-state index in [9.17, 15) is 14.4 Å². The van der Waals surface area contributed by atoms with Crippen LogP contribution in [0.1, 0.15) is 41.9 Å². The van der Waals surface area contributed by atoms with E-state index in [4.69, 9.17) is 9.72 Å². The fourth-order valence-electron chi connectivity index (χ4n) is 3.96. The van der Waals surface area contributed by atoms with Gasteiger partial charge in [-0.15, -0.1) is 0 Å². The van der Waals surface area contributed by atoms with E-state index >= 15 is 0 Å². The predicted molar refractivity (Wildman–Crippen MR) is 115 cm³/mol. The number of ether oxygens (including phenoxy) is 2. The first-order chi connectivity index (χ1) is 14.9. The maximum absolute atomic E-state index is 12.3. The maximum Gasteiger partial charge on any atom is 0.409 e. The second kappa shape index (κ2) is 10.3. The number of piperidine rings is 1. The average molecular weight is 431 g/mol. The molecule has 0 atom stereocenters. The van der Waals surface area contributed by atoms with Crippen molar-refractivity contribution in [3.63, 3.8) is 0 Å². The molecule has 0 saturated carbocycles. The molecule has 1 aliphatic rings. The number of esters is 1. The number of imidazole rings is 1. The van der Waals surface area contributed by atoms with Crippen molar-refractivity contribution >= 4 is 29.0 Å². The van der Waals surface area contributed by atoms with Gasteiger partial charge in [-0.3, -0.25) is 9.59 Å². The molecular formula is C22H30N4O5. The molecule has 1 aromatic carbocycles. The van der Waals surface area contributed by atoms with E-state index in [1.54, 1.807) is 17.0 Å². The van der Waals surface area contributed by atoms with Gasteiger partial charge in [0.25, 0.3) is 5.91 Å². The summed E-state index contributed by atoms with van der Waals surface area (Å²) in [5, 5.41) is 2.72. The van der Waals surface area contributed by atoms with Crippen molar-refractivity contribution in [1.82, 2.24) is 19.8 Å². The average Bonchev–Trinajstić information content (AvgIpc) is 3.12. The van der Waals surface area contributed by atoms with Gasteiger partial charge in [0.2, 0.25) is 0 Å². The van der Waals surface area contributed by atoms with Gasteiger partial charge in [0.1, 0.15) is 5.82 Å². The van der Waals surface area contributed by atoms with Gasteiger partial charge in [-0.1, -0.05) is 0 Å². The fraction of sp³-hybridized carbons (Fsp3) is 0.545. The molecule has 2 amide bonds. The normalized spacial score (nSPS) is 14.5. The predicted octanol–water partition coefficient (Wildman–Crippen LogP) is 2.28. The molecule has 0 spiro atoms. The summed E-state index contributed by atoms with van der Waals surface area (Å²) in [6.45, 7) is 1.69. The summed E-state index contributed by atoms with van der Waals surface area (Å²) in [6, 6.07) is 5.45. The van der Waals surface area contributed by atoms with E-state index in [0.29, 0.717) is 11.5 Å². The molecular weight excluding hydrogens is 400 g/mol. The van der Waals surface area contributed by atoms with Gasteiger partial charge in [-0.25, -0.2) is 9.78 Å². The quantitative estimate of drug-likeness (QED) is 0.676. The van der Waals surface area contributed by atoms with Crippen LogP contribution in [0.2, 0.25) is 0 Å². The SMILES string of the molecule is COC(=O)CCNC(=O)c1ccc2c(c1)nc(CCC1CCN(C(=O)OC)CC1)n2C. The molecule has 9 heteroatoms. The van der Waals surface area contributed by atoms with Crippen molar-refractivity contribution in [2.75, 3.05) is 33.9 Å². The highest BCUT2D eigenvalue weighted by atomic mass is 16.5. The minimum Gasteiger partial charge on any atom is -0.469 e. The number of nitrogens with zero attached hydrogens (tertiary/aromatic N) is 3. The lowest BCUT2D eigenvalue weighted by Gasteiger charge is -2.30. The van der Waals surface area contributed by atoms with Crippen LogP contribution in [0.5, 0.6) is 0 Å². The summed E-state index contributed by atoms with van der Waals surface area (Å²) in [5.74, 6) is 0.932. The van der Waals surface area contributed by atoms with Crippen molar-refractivity contribution in [3.8, 4) is 0 Å².